The minimum Gasteiger partial charge on any atom is -0.397 e. The normalized spacial score (nSPS) is 17.1. The fourth-order valence-electron chi connectivity index (χ4n) is 2.82. The number of nitrogens with zero attached hydrogens (tertiary/aromatic N) is 1. The maximum absolute atomic E-state index is 12.1. The van der Waals surface area contributed by atoms with Gasteiger partial charge in [0, 0.05) is 19.6 Å². The average molecular weight is 311 g/mol. The van der Waals surface area contributed by atoms with Gasteiger partial charge >= 0.3 is 0 Å². The lowest BCUT2D eigenvalue weighted by Gasteiger charge is -2.34. The molecule has 1 aliphatic rings. The molecule has 0 unspecified atom stereocenters. The summed E-state index contributed by atoms with van der Waals surface area (Å²) in [6.07, 6.45) is 3.48. The molecule has 1 aromatic carbocycles. The summed E-state index contributed by atoms with van der Waals surface area (Å²) in [5, 5.41) is 0. The fourth-order valence-corrected chi connectivity index (χ4v) is 3.88. The summed E-state index contributed by atoms with van der Waals surface area (Å²) in [5.74, 6) is 0.774. The predicted octanol–water partition coefficient (Wildman–Crippen LogP) is 2.19. The Balaban J connectivity index is 2.24. The van der Waals surface area contributed by atoms with Crippen LogP contribution in [0.5, 0.6) is 0 Å². The molecule has 1 saturated heterocycles. The molecule has 118 valence electrons. The van der Waals surface area contributed by atoms with Crippen molar-refractivity contribution in [2.24, 2.45) is 5.92 Å². The van der Waals surface area contributed by atoms with Gasteiger partial charge in [-0.05, 0) is 37.0 Å². The second kappa shape index (κ2) is 6.66. The van der Waals surface area contributed by atoms with Crippen molar-refractivity contribution < 1.29 is 8.42 Å². The van der Waals surface area contributed by atoms with Gasteiger partial charge in [-0.1, -0.05) is 20.3 Å². The Bertz CT molecular complexity index is 579. The van der Waals surface area contributed by atoms with E-state index in [4.69, 9.17) is 5.73 Å². The van der Waals surface area contributed by atoms with Gasteiger partial charge in [-0.3, -0.25) is 0 Å². The zero-order valence-electron chi connectivity index (χ0n) is 12.8. The highest BCUT2D eigenvalue weighted by Crippen LogP contribution is 2.31. The lowest BCUT2D eigenvalue weighted by molar-refractivity contribution is 0.395. The summed E-state index contributed by atoms with van der Waals surface area (Å²) in [6.45, 7) is 6.24. The van der Waals surface area contributed by atoms with Crippen LogP contribution in [-0.2, 0) is 10.0 Å². The van der Waals surface area contributed by atoms with Crippen LogP contribution in [0, 0.1) is 5.92 Å². The molecule has 3 N–H and O–H groups in total. The Morgan fingerprint density at radius 1 is 1.29 bits per heavy atom. The molecule has 0 aromatic heterocycles. The number of nitrogens with two attached hydrogens (primary N) is 1. The first-order valence-corrected chi connectivity index (χ1v) is 9.10. The Morgan fingerprint density at radius 2 is 1.95 bits per heavy atom. The van der Waals surface area contributed by atoms with Gasteiger partial charge < -0.3 is 10.6 Å². The standard InChI is InChI=1S/C15H25N3O2S/c1-3-12-7-9-18(10-8-12)15-11-13(5-6-14(15)16)21(19,20)17-4-2/h5-6,11-12,17H,3-4,7-10,16H2,1-2H3. The Kier molecular flexibility index (Phi) is 5.11. The molecule has 0 atom stereocenters. The van der Waals surface area contributed by atoms with Crippen LogP contribution < -0.4 is 15.4 Å². The van der Waals surface area contributed by atoms with Crippen LogP contribution in [0.25, 0.3) is 0 Å². The van der Waals surface area contributed by atoms with Crippen molar-refractivity contribution in [3.63, 3.8) is 0 Å². The van der Waals surface area contributed by atoms with Crippen molar-refractivity contribution in [2.75, 3.05) is 30.3 Å². The Morgan fingerprint density at radius 3 is 2.52 bits per heavy atom. The summed E-state index contributed by atoms with van der Waals surface area (Å²) in [6, 6.07) is 4.95. The highest BCUT2D eigenvalue weighted by Gasteiger charge is 2.21. The molecular weight excluding hydrogens is 286 g/mol. The molecule has 2 rings (SSSR count). The second-order valence-corrected chi connectivity index (χ2v) is 7.33. The van der Waals surface area contributed by atoms with E-state index in [0.29, 0.717) is 12.2 Å². The third-order valence-corrected chi connectivity index (χ3v) is 5.72. The lowest BCUT2D eigenvalue weighted by Crippen LogP contribution is -2.34. The van der Waals surface area contributed by atoms with Crippen molar-refractivity contribution in [2.45, 2.75) is 38.0 Å². The van der Waals surface area contributed by atoms with Crippen LogP contribution >= 0.6 is 0 Å². The minimum absolute atomic E-state index is 0.283. The molecule has 5 nitrogen and oxygen atoms in total. The zero-order chi connectivity index (χ0) is 15.5. The van der Waals surface area contributed by atoms with Crippen LogP contribution in [0.4, 0.5) is 11.4 Å². The number of hydrogen-bond donors (Lipinski definition) is 2. The summed E-state index contributed by atoms with van der Waals surface area (Å²) in [7, 11) is -3.44. The van der Waals surface area contributed by atoms with Crippen molar-refractivity contribution >= 4 is 21.4 Å². The molecule has 1 aromatic rings. The van der Waals surface area contributed by atoms with Crippen molar-refractivity contribution in [3.8, 4) is 0 Å². The Hall–Kier alpha value is -1.27. The highest BCUT2D eigenvalue weighted by molar-refractivity contribution is 7.89. The third kappa shape index (κ3) is 3.68. The monoisotopic (exact) mass is 311 g/mol. The van der Waals surface area contributed by atoms with Crippen LogP contribution in [0.2, 0.25) is 0 Å². The van der Waals surface area contributed by atoms with Crippen molar-refractivity contribution in [3.05, 3.63) is 18.2 Å². The molecule has 0 saturated carbocycles. The molecule has 1 heterocycles. The molecule has 0 aliphatic carbocycles. The maximum atomic E-state index is 12.1. The molecule has 1 aliphatic heterocycles. The largest absolute Gasteiger partial charge is 0.397 e. The van der Waals surface area contributed by atoms with Crippen molar-refractivity contribution in [1.82, 2.24) is 4.72 Å². The summed E-state index contributed by atoms with van der Waals surface area (Å²) in [4.78, 5) is 2.48. The smallest absolute Gasteiger partial charge is 0.240 e. The number of nitrogen functional groups attached to an aromatic ring is 1. The van der Waals surface area contributed by atoms with Gasteiger partial charge in [-0.2, -0.15) is 0 Å². The van der Waals surface area contributed by atoms with Gasteiger partial charge in [0.05, 0.1) is 16.3 Å². The van der Waals surface area contributed by atoms with Gasteiger partial charge in [0.2, 0.25) is 10.0 Å². The van der Waals surface area contributed by atoms with E-state index in [0.717, 1.165) is 37.5 Å². The maximum Gasteiger partial charge on any atom is 0.240 e. The number of hydrogen-bond acceptors (Lipinski definition) is 4. The number of benzene rings is 1. The first-order valence-electron chi connectivity index (χ1n) is 7.62. The van der Waals surface area contributed by atoms with Crippen LogP contribution in [0.15, 0.2) is 23.1 Å². The summed E-state index contributed by atoms with van der Waals surface area (Å²) in [5.41, 5.74) is 7.52. The molecular formula is C15H25N3O2S. The quantitative estimate of drug-likeness (QED) is 0.817. The third-order valence-electron chi connectivity index (χ3n) is 4.18. The van der Waals surface area contributed by atoms with Crippen LogP contribution in [0.3, 0.4) is 0 Å². The topological polar surface area (TPSA) is 75.4 Å². The number of piperidine rings is 1. The van der Waals surface area contributed by atoms with Gasteiger partial charge in [0.1, 0.15) is 0 Å². The molecule has 0 amide bonds. The minimum atomic E-state index is -3.44. The van der Waals surface area contributed by atoms with E-state index in [2.05, 4.69) is 16.5 Å². The number of rotatable bonds is 5. The lowest BCUT2D eigenvalue weighted by atomic mass is 9.94. The number of sulfonamides is 1. The van der Waals surface area contributed by atoms with E-state index in [1.165, 1.54) is 6.42 Å². The van der Waals surface area contributed by atoms with Crippen molar-refractivity contribution in [1.29, 1.82) is 0 Å². The molecule has 1 fully saturated rings. The van der Waals surface area contributed by atoms with Gasteiger partial charge in [0.25, 0.3) is 0 Å². The first-order chi connectivity index (χ1) is 9.97. The van der Waals surface area contributed by atoms with E-state index in [1.54, 1.807) is 25.1 Å². The highest BCUT2D eigenvalue weighted by atomic mass is 32.2. The first kappa shape index (κ1) is 16.1. The van der Waals surface area contributed by atoms with Crippen LogP contribution in [0.1, 0.15) is 33.1 Å². The van der Waals surface area contributed by atoms with E-state index >= 15 is 0 Å². The SMILES string of the molecule is CCNS(=O)(=O)c1ccc(N)c(N2CCC(CC)CC2)c1. The molecule has 0 bridgehead atoms. The average Bonchev–Trinajstić information content (AvgIpc) is 2.47. The Labute approximate surface area is 127 Å². The second-order valence-electron chi connectivity index (χ2n) is 5.56. The fraction of sp³-hybridized carbons (Fsp3) is 0.600. The molecule has 21 heavy (non-hydrogen) atoms. The summed E-state index contributed by atoms with van der Waals surface area (Å²) >= 11 is 0. The number of nitrogens with one attached hydrogen (secondary N) is 1. The molecule has 0 spiro atoms. The van der Waals surface area contributed by atoms with Gasteiger partial charge in [-0.25, -0.2) is 13.1 Å². The number of anilines is 2. The summed E-state index contributed by atoms with van der Waals surface area (Å²) < 4.78 is 26.7. The van der Waals surface area contributed by atoms with E-state index < -0.39 is 10.0 Å². The van der Waals surface area contributed by atoms with E-state index in [-0.39, 0.29) is 4.90 Å². The predicted molar refractivity (Wildman–Crippen MR) is 86.9 cm³/mol. The van der Waals surface area contributed by atoms with Gasteiger partial charge in [-0.15, -0.1) is 0 Å². The molecule has 0 radical (unpaired) electrons. The van der Waals surface area contributed by atoms with E-state index in [9.17, 15) is 8.42 Å². The molecule has 6 heteroatoms. The zero-order valence-corrected chi connectivity index (χ0v) is 13.6. The van der Waals surface area contributed by atoms with E-state index in [1.807, 2.05) is 0 Å². The van der Waals surface area contributed by atoms with Crippen LogP contribution in [-0.4, -0.2) is 28.1 Å². The van der Waals surface area contributed by atoms with Gasteiger partial charge in [0.15, 0.2) is 0 Å².